The van der Waals surface area contributed by atoms with Crippen LogP contribution in [0.4, 0.5) is 23.1 Å². The Bertz CT molecular complexity index is 893. The highest BCUT2D eigenvalue weighted by Crippen LogP contribution is 2.23. The first-order valence-electron chi connectivity index (χ1n) is 8.05. The Morgan fingerprint density at radius 2 is 1.76 bits per heavy atom. The van der Waals surface area contributed by atoms with E-state index in [1.807, 2.05) is 73.5 Å². The topological polar surface area (TPSA) is 58.1 Å². The van der Waals surface area contributed by atoms with Gasteiger partial charge in [0.05, 0.1) is 0 Å². The molecule has 0 aliphatic rings. The van der Waals surface area contributed by atoms with Gasteiger partial charge in [0.2, 0.25) is 5.95 Å². The summed E-state index contributed by atoms with van der Waals surface area (Å²) in [6.07, 6.45) is 0. The summed E-state index contributed by atoms with van der Waals surface area (Å²) in [5.74, 6) is 1.33. The third-order valence-electron chi connectivity index (χ3n) is 3.83. The van der Waals surface area contributed by atoms with Crippen molar-refractivity contribution in [2.24, 2.45) is 0 Å². The van der Waals surface area contributed by atoms with Crippen LogP contribution >= 0.6 is 0 Å². The Labute approximate surface area is 147 Å². The van der Waals surface area contributed by atoms with Crippen molar-refractivity contribution in [1.29, 1.82) is 0 Å². The van der Waals surface area contributed by atoms with E-state index in [1.165, 1.54) is 0 Å². The molecule has 0 aliphatic heterocycles. The first kappa shape index (κ1) is 16.6. The van der Waals surface area contributed by atoms with E-state index in [-0.39, 0.29) is 5.78 Å². The van der Waals surface area contributed by atoms with Gasteiger partial charge in [-0.15, -0.1) is 0 Å². The SMILES string of the molecule is CC(=O)c1cccc(Nc2cc(C)nc(N(C)c3ccccc3)n2)c1. The molecule has 2 aromatic carbocycles. The summed E-state index contributed by atoms with van der Waals surface area (Å²) in [7, 11) is 1.93. The second-order valence-electron chi connectivity index (χ2n) is 5.85. The van der Waals surface area contributed by atoms with E-state index in [1.54, 1.807) is 13.0 Å². The number of carbonyl (C=O) groups excluding carboxylic acids is 1. The van der Waals surface area contributed by atoms with Crippen molar-refractivity contribution < 1.29 is 4.79 Å². The van der Waals surface area contributed by atoms with Crippen molar-refractivity contribution in [3.05, 3.63) is 71.9 Å². The highest BCUT2D eigenvalue weighted by Gasteiger charge is 2.10. The highest BCUT2D eigenvalue weighted by molar-refractivity contribution is 5.95. The van der Waals surface area contributed by atoms with Crippen LogP contribution in [0.25, 0.3) is 0 Å². The van der Waals surface area contributed by atoms with E-state index in [9.17, 15) is 4.79 Å². The van der Waals surface area contributed by atoms with E-state index in [0.717, 1.165) is 17.1 Å². The molecule has 0 radical (unpaired) electrons. The molecule has 0 aliphatic carbocycles. The summed E-state index contributed by atoms with van der Waals surface area (Å²) < 4.78 is 0. The van der Waals surface area contributed by atoms with Gasteiger partial charge in [-0.25, -0.2) is 4.98 Å². The van der Waals surface area contributed by atoms with Gasteiger partial charge in [0.15, 0.2) is 5.78 Å². The fourth-order valence-electron chi connectivity index (χ4n) is 2.50. The molecule has 0 saturated heterocycles. The number of aryl methyl sites for hydroxylation is 1. The van der Waals surface area contributed by atoms with Crippen LogP contribution in [0.3, 0.4) is 0 Å². The van der Waals surface area contributed by atoms with Crippen LogP contribution in [-0.2, 0) is 0 Å². The standard InChI is InChI=1S/C20H20N4O/c1-14-12-19(22-17-9-7-8-16(13-17)15(2)25)23-20(21-14)24(3)18-10-5-4-6-11-18/h4-13H,1-3H3,(H,21,22,23). The number of benzene rings is 2. The zero-order chi connectivity index (χ0) is 17.8. The number of Topliss-reactive ketones (excluding diaryl/α,β-unsaturated/α-hetero) is 1. The van der Waals surface area contributed by atoms with Crippen molar-refractivity contribution in [2.45, 2.75) is 13.8 Å². The number of nitrogens with zero attached hydrogens (tertiary/aromatic N) is 3. The summed E-state index contributed by atoms with van der Waals surface area (Å²) in [4.78, 5) is 22.6. The van der Waals surface area contributed by atoms with Gasteiger partial charge in [0.25, 0.3) is 0 Å². The average Bonchev–Trinajstić information content (AvgIpc) is 2.61. The Morgan fingerprint density at radius 3 is 2.48 bits per heavy atom. The van der Waals surface area contributed by atoms with Gasteiger partial charge in [-0.3, -0.25) is 4.79 Å². The molecule has 25 heavy (non-hydrogen) atoms. The summed E-state index contributed by atoms with van der Waals surface area (Å²) in [5, 5.41) is 3.26. The molecule has 0 bridgehead atoms. The van der Waals surface area contributed by atoms with Crippen molar-refractivity contribution >= 4 is 28.9 Å². The van der Waals surface area contributed by atoms with E-state index >= 15 is 0 Å². The number of carbonyl (C=O) groups is 1. The Morgan fingerprint density at radius 1 is 1.00 bits per heavy atom. The van der Waals surface area contributed by atoms with Crippen LogP contribution in [0.5, 0.6) is 0 Å². The van der Waals surface area contributed by atoms with Gasteiger partial charge in [-0.2, -0.15) is 4.98 Å². The summed E-state index contributed by atoms with van der Waals surface area (Å²) in [6, 6.07) is 19.2. The molecule has 0 saturated carbocycles. The van der Waals surface area contributed by atoms with Gasteiger partial charge in [0.1, 0.15) is 5.82 Å². The number of rotatable bonds is 5. The van der Waals surface area contributed by atoms with E-state index in [4.69, 9.17) is 0 Å². The predicted molar refractivity (Wildman–Crippen MR) is 101 cm³/mol. The lowest BCUT2D eigenvalue weighted by molar-refractivity contribution is 0.101. The normalized spacial score (nSPS) is 10.4. The first-order valence-corrected chi connectivity index (χ1v) is 8.05. The lowest BCUT2D eigenvalue weighted by Gasteiger charge is -2.18. The fraction of sp³-hybridized carbons (Fsp3) is 0.150. The molecule has 126 valence electrons. The second-order valence-corrected chi connectivity index (χ2v) is 5.85. The smallest absolute Gasteiger partial charge is 0.231 e. The molecule has 0 unspecified atom stereocenters. The molecule has 1 aromatic heterocycles. The lowest BCUT2D eigenvalue weighted by Crippen LogP contribution is -2.14. The van der Waals surface area contributed by atoms with Gasteiger partial charge in [0, 0.05) is 35.7 Å². The molecule has 0 atom stereocenters. The molecule has 0 fully saturated rings. The molecule has 5 nitrogen and oxygen atoms in total. The highest BCUT2D eigenvalue weighted by atomic mass is 16.1. The number of anilines is 4. The lowest BCUT2D eigenvalue weighted by atomic mass is 10.1. The third-order valence-corrected chi connectivity index (χ3v) is 3.83. The molecule has 1 N–H and O–H groups in total. The molecule has 5 heteroatoms. The van der Waals surface area contributed by atoms with Crippen LogP contribution in [0.2, 0.25) is 0 Å². The van der Waals surface area contributed by atoms with E-state index < -0.39 is 0 Å². The number of hydrogen-bond acceptors (Lipinski definition) is 5. The quantitative estimate of drug-likeness (QED) is 0.697. The van der Waals surface area contributed by atoms with Gasteiger partial charge >= 0.3 is 0 Å². The number of hydrogen-bond donors (Lipinski definition) is 1. The second kappa shape index (κ2) is 7.13. The minimum Gasteiger partial charge on any atom is -0.340 e. The number of ketones is 1. The van der Waals surface area contributed by atoms with Gasteiger partial charge in [-0.1, -0.05) is 30.3 Å². The van der Waals surface area contributed by atoms with Gasteiger partial charge in [-0.05, 0) is 38.1 Å². The number of para-hydroxylation sites is 1. The fourth-order valence-corrected chi connectivity index (χ4v) is 2.50. The van der Waals surface area contributed by atoms with E-state index in [2.05, 4.69) is 15.3 Å². The summed E-state index contributed by atoms with van der Waals surface area (Å²) in [5.41, 5.74) is 3.35. The van der Waals surface area contributed by atoms with Crippen molar-refractivity contribution in [2.75, 3.05) is 17.3 Å². The maximum atomic E-state index is 11.5. The van der Waals surface area contributed by atoms with Crippen LogP contribution in [-0.4, -0.2) is 22.8 Å². The zero-order valence-corrected chi connectivity index (χ0v) is 14.5. The summed E-state index contributed by atoms with van der Waals surface area (Å²) in [6.45, 7) is 3.49. The minimum absolute atomic E-state index is 0.0343. The zero-order valence-electron chi connectivity index (χ0n) is 14.5. The number of aromatic nitrogens is 2. The predicted octanol–water partition coefficient (Wildman–Crippen LogP) is 4.50. The van der Waals surface area contributed by atoms with Crippen molar-refractivity contribution in [1.82, 2.24) is 9.97 Å². The van der Waals surface area contributed by atoms with Crippen LogP contribution < -0.4 is 10.2 Å². The van der Waals surface area contributed by atoms with Crippen molar-refractivity contribution in [3.8, 4) is 0 Å². The molecular weight excluding hydrogens is 312 g/mol. The van der Waals surface area contributed by atoms with E-state index in [0.29, 0.717) is 17.3 Å². The maximum absolute atomic E-state index is 11.5. The van der Waals surface area contributed by atoms with Crippen LogP contribution in [0, 0.1) is 6.92 Å². The van der Waals surface area contributed by atoms with Crippen LogP contribution in [0.15, 0.2) is 60.7 Å². The van der Waals surface area contributed by atoms with Crippen molar-refractivity contribution in [3.63, 3.8) is 0 Å². The summed E-state index contributed by atoms with van der Waals surface area (Å²) >= 11 is 0. The maximum Gasteiger partial charge on any atom is 0.231 e. The molecule has 1 heterocycles. The largest absolute Gasteiger partial charge is 0.340 e. The Kier molecular flexibility index (Phi) is 4.75. The van der Waals surface area contributed by atoms with Gasteiger partial charge < -0.3 is 10.2 Å². The molecule has 0 amide bonds. The first-order chi connectivity index (χ1) is 12.0. The van der Waals surface area contributed by atoms with Crippen LogP contribution in [0.1, 0.15) is 23.0 Å². The molecular formula is C20H20N4O. The average molecular weight is 332 g/mol. The number of nitrogens with one attached hydrogen (secondary N) is 1. The Hall–Kier alpha value is -3.21. The molecule has 0 spiro atoms. The monoisotopic (exact) mass is 332 g/mol. The molecule has 3 rings (SSSR count). The minimum atomic E-state index is 0.0343. The Balaban J connectivity index is 1.89. The molecule has 3 aromatic rings. The third kappa shape index (κ3) is 4.01.